The fourth-order valence-electron chi connectivity index (χ4n) is 1.42. The van der Waals surface area contributed by atoms with Crippen molar-refractivity contribution in [2.24, 2.45) is 0 Å². The van der Waals surface area contributed by atoms with Crippen LogP contribution >= 0.6 is 15.9 Å². The van der Waals surface area contributed by atoms with Crippen LogP contribution in [-0.2, 0) is 11.3 Å². The van der Waals surface area contributed by atoms with E-state index in [-0.39, 0.29) is 13.2 Å². The Bertz CT molecular complexity index is 376. The molecule has 0 heterocycles. The largest absolute Gasteiger partial charge is 0.490 e. The van der Waals surface area contributed by atoms with E-state index in [4.69, 9.17) is 14.6 Å². The number of aliphatic hydroxyl groups excluding tert-OH is 2. The van der Waals surface area contributed by atoms with Crippen molar-refractivity contribution in [2.45, 2.75) is 12.6 Å². The summed E-state index contributed by atoms with van der Waals surface area (Å²) < 4.78 is 11.2. The summed E-state index contributed by atoms with van der Waals surface area (Å²) in [5.74, 6) is 0.646. The van der Waals surface area contributed by atoms with Gasteiger partial charge in [0.1, 0.15) is 18.5 Å². The molecule has 0 fully saturated rings. The lowest BCUT2D eigenvalue weighted by molar-refractivity contribution is 0.0533. The molecule has 19 heavy (non-hydrogen) atoms. The van der Waals surface area contributed by atoms with Gasteiger partial charge in [-0.15, -0.1) is 0 Å². The lowest BCUT2D eigenvalue weighted by Crippen LogP contribution is -2.21. The number of benzene rings is 1. The van der Waals surface area contributed by atoms with Crippen LogP contribution in [-0.4, -0.2) is 49.8 Å². The van der Waals surface area contributed by atoms with Gasteiger partial charge in [0.25, 0.3) is 0 Å². The predicted molar refractivity (Wildman–Crippen MR) is 76.3 cm³/mol. The van der Waals surface area contributed by atoms with Crippen molar-refractivity contribution in [2.75, 3.05) is 33.5 Å². The first-order valence-corrected chi connectivity index (χ1v) is 6.86. The van der Waals surface area contributed by atoms with Crippen molar-refractivity contribution in [1.29, 1.82) is 0 Å². The van der Waals surface area contributed by atoms with Crippen LogP contribution in [0.1, 0.15) is 5.56 Å². The highest BCUT2D eigenvalue weighted by molar-refractivity contribution is 9.10. The van der Waals surface area contributed by atoms with Gasteiger partial charge in [-0.05, 0) is 33.6 Å². The number of ether oxygens (including phenoxy) is 2. The van der Waals surface area contributed by atoms with Gasteiger partial charge < -0.3 is 25.0 Å². The standard InChI is InChI=1S/C13H20BrNO4/c1-18-5-4-15-7-10-2-3-13(12(14)6-10)19-9-11(17)8-16/h2-3,6,11,15-17H,4-5,7-9H2,1H3. The zero-order chi connectivity index (χ0) is 14.1. The maximum Gasteiger partial charge on any atom is 0.133 e. The van der Waals surface area contributed by atoms with Gasteiger partial charge in [-0.25, -0.2) is 0 Å². The summed E-state index contributed by atoms with van der Waals surface area (Å²) in [6, 6.07) is 5.74. The lowest BCUT2D eigenvalue weighted by Gasteiger charge is -2.12. The van der Waals surface area contributed by atoms with Gasteiger partial charge in [-0.3, -0.25) is 0 Å². The van der Waals surface area contributed by atoms with E-state index in [0.29, 0.717) is 12.4 Å². The zero-order valence-corrected chi connectivity index (χ0v) is 12.5. The van der Waals surface area contributed by atoms with Gasteiger partial charge in [-0.1, -0.05) is 6.07 Å². The number of aliphatic hydroxyl groups is 2. The van der Waals surface area contributed by atoms with Crippen LogP contribution in [0.15, 0.2) is 22.7 Å². The smallest absolute Gasteiger partial charge is 0.133 e. The molecule has 0 amide bonds. The Balaban J connectivity index is 2.45. The number of halogens is 1. The Morgan fingerprint density at radius 1 is 1.42 bits per heavy atom. The van der Waals surface area contributed by atoms with Gasteiger partial charge in [0.05, 0.1) is 17.7 Å². The van der Waals surface area contributed by atoms with Crippen LogP contribution in [0.3, 0.4) is 0 Å². The van der Waals surface area contributed by atoms with Crippen molar-refractivity contribution >= 4 is 15.9 Å². The summed E-state index contributed by atoms with van der Waals surface area (Å²) in [6.45, 7) is 2.00. The average molecular weight is 334 g/mol. The Morgan fingerprint density at radius 3 is 2.84 bits per heavy atom. The Labute approximate surface area is 121 Å². The molecule has 0 spiro atoms. The minimum absolute atomic E-state index is 0.0700. The molecule has 0 aliphatic heterocycles. The average Bonchev–Trinajstić information content (AvgIpc) is 2.42. The molecule has 0 saturated heterocycles. The van der Waals surface area contributed by atoms with Crippen LogP contribution in [0.5, 0.6) is 5.75 Å². The molecular formula is C13H20BrNO4. The van der Waals surface area contributed by atoms with Crippen molar-refractivity contribution in [3.63, 3.8) is 0 Å². The molecule has 1 atom stereocenters. The summed E-state index contributed by atoms with van der Waals surface area (Å²) >= 11 is 3.42. The summed E-state index contributed by atoms with van der Waals surface area (Å²) in [7, 11) is 1.67. The molecule has 0 radical (unpaired) electrons. The van der Waals surface area contributed by atoms with E-state index in [1.807, 2.05) is 18.2 Å². The second kappa shape index (κ2) is 9.28. The summed E-state index contributed by atoms with van der Waals surface area (Å²) in [5.41, 5.74) is 1.12. The van der Waals surface area contributed by atoms with Crippen molar-refractivity contribution in [3.05, 3.63) is 28.2 Å². The number of hydrogen-bond donors (Lipinski definition) is 3. The molecule has 1 aromatic rings. The molecule has 0 aliphatic carbocycles. The zero-order valence-electron chi connectivity index (χ0n) is 10.9. The highest BCUT2D eigenvalue weighted by atomic mass is 79.9. The van der Waals surface area contributed by atoms with E-state index in [1.165, 1.54) is 0 Å². The summed E-state index contributed by atoms with van der Waals surface area (Å²) in [5, 5.41) is 21.2. The Kier molecular flexibility index (Phi) is 8.00. The molecule has 1 rings (SSSR count). The second-order valence-corrected chi connectivity index (χ2v) is 4.94. The van der Waals surface area contributed by atoms with E-state index >= 15 is 0 Å². The van der Waals surface area contributed by atoms with Crippen molar-refractivity contribution in [3.8, 4) is 5.75 Å². The molecule has 108 valence electrons. The summed E-state index contributed by atoms with van der Waals surface area (Å²) in [4.78, 5) is 0. The van der Waals surface area contributed by atoms with Crippen LogP contribution < -0.4 is 10.1 Å². The number of nitrogens with one attached hydrogen (secondary N) is 1. The highest BCUT2D eigenvalue weighted by Gasteiger charge is 2.06. The molecule has 6 heteroatoms. The summed E-state index contributed by atoms with van der Waals surface area (Å²) in [6.07, 6.45) is -0.859. The third-order valence-corrected chi connectivity index (χ3v) is 3.07. The minimum Gasteiger partial charge on any atom is -0.490 e. The van der Waals surface area contributed by atoms with Gasteiger partial charge in [0.2, 0.25) is 0 Å². The SMILES string of the molecule is COCCNCc1ccc(OCC(O)CO)c(Br)c1. The molecule has 0 aliphatic rings. The van der Waals surface area contributed by atoms with Gasteiger partial charge in [0.15, 0.2) is 0 Å². The first-order chi connectivity index (χ1) is 9.17. The van der Waals surface area contributed by atoms with Crippen LogP contribution in [0, 0.1) is 0 Å². The first kappa shape index (κ1) is 16.4. The number of rotatable bonds is 9. The van der Waals surface area contributed by atoms with E-state index in [2.05, 4.69) is 21.2 Å². The van der Waals surface area contributed by atoms with E-state index in [1.54, 1.807) is 7.11 Å². The van der Waals surface area contributed by atoms with E-state index in [9.17, 15) is 5.11 Å². The maximum atomic E-state index is 9.22. The van der Waals surface area contributed by atoms with Crippen LogP contribution in [0.25, 0.3) is 0 Å². The van der Waals surface area contributed by atoms with E-state index < -0.39 is 6.10 Å². The minimum atomic E-state index is -0.859. The predicted octanol–water partition coefficient (Wildman–Crippen LogP) is 0.917. The number of methoxy groups -OCH3 is 1. The Hall–Kier alpha value is -0.660. The number of hydrogen-bond acceptors (Lipinski definition) is 5. The molecule has 0 saturated carbocycles. The molecule has 3 N–H and O–H groups in total. The fraction of sp³-hybridized carbons (Fsp3) is 0.538. The molecule has 5 nitrogen and oxygen atoms in total. The van der Waals surface area contributed by atoms with Crippen molar-refractivity contribution in [1.82, 2.24) is 5.32 Å². The third-order valence-electron chi connectivity index (χ3n) is 2.45. The fourth-order valence-corrected chi connectivity index (χ4v) is 1.96. The molecule has 0 bridgehead atoms. The van der Waals surface area contributed by atoms with Crippen LogP contribution in [0.4, 0.5) is 0 Å². The van der Waals surface area contributed by atoms with Gasteiger partial charge in [0, 0.05) is 20.2 Å². The van der Waals surface area contributed by atoms with Gasteiger partial charge >= 0.3 is 0 Å². The lowest BCUT2D eigenvalue weighted by atomic mass is 10.2. The molecule has 1 aromatic carbocycles. The second-order valence-electron chi connectivity index (χ2n) is 4.08. The topological polar surface area (TPSA) is 71.0 Å². The van der Waals surface area contributed by atoms with Crippen LogP contribution in [0.2, 0.25) is 0 Å². The molecule has 1 unspecified atom stereocenters. The molecular weight excluding hydrogens is 314 g/mol. The first-order valence-electron chi connectivity index (χ1n) is 6.07. The monoisotopic (exact) mass is 333 g/mol. The Morgan fingerprint density at radius 2 is 2.21 bits per heavy atom. The van der Waals surface area contributed by atoms with Gasteiger partial charge in [-0.2, -0.15) is 0 Å². The molecule has 0 aromatic heterocycles. The maximum absolute atomic E-state index is 9.22. The normalized spacial score (nSPS) is 12.4. The quantitative estimate of drug-likeness (QED) is 0.586. The third kappa shape index (κ3) is 6.35. The highest BCUT2D eigenvalue weighted by Crippen LogP contribution is 2.26. The van der Waals surface area contributed by atoms with E-state index in [0.717, 1.165) is 23.1 Å². The van der Waals surface area contributed by atoms with Crippen molar-refractivity contribution < 1.29 is 19.7 Å².